The predicted molar refractivity (Wildman–Crippen MR) is 104 cm³/mol. The highest BCUT2D eigenvalue weighted by atomic mass is 16.6. The third-order valence-corrected chi connectivity index (χ3v) is 4.04. The molecule has 28 heavy (non-hydrogen) atoms. The summed E-state index contributed by atoms with van der Waals surface area (Å²) in [4.78, 5) is 26.4. The van der Waals surface area contributed by atoms with Crippen molar-refractivity contribution >= 4 is 11.6 Å². The Balaban J connectivity index is 1.45. The van der Waals surface area contributed by atoms with Gasteiger partial charge in [-0.15, -0.1) is 0 Å². The molecule has 7 nitrogen and oxygen atoms in total. The summed E-state index contributed by atoms with van der Waals surface area (Å²) in [6, 6.07) is 19.1. The second-order valence-electron chi connectivity index (χ2n) is 6.13. The first-order valence-corrected chi connectivity index (χ1v) is 8.72. The first-order chi connectivity index (χ1) is 13.6. The van der Waals surface area contributed by atoms with Crippen LogP contribution in [0.3, 0.4) is 0 Å². The van der Waals surface area contributed by atoms with Gasteiger partial charge in [0.2, 0.25) is 5.91 Å². The van der Waals surface area contributed by atoms with Crippen LogP contribution in [0.5, 0.6) is 5.75 Å². The van der Waals surface area contributed by atoms with Crippen molar-refractivity contribution in [2.45, 2.75) is 19.6 Å². The molecule has 0 aliphatic carbocycles. The summed E-state index contributed by atoms with van der Waals surface area (Å²) in [6.45, 7) is 0.790. The topological polar surface area (TPSA) is 94.4 Å². The zero-order valence-corrected chi connectivity index (χ0v) is 15.1. The minimum Gasteiger partial charge on any atom is -0.487 e. The SMILES string of the molecule is O=C(Cc1ccc([N+](=O)[O-])cc1)NCc1ccc(OCc2ccccn2)cc1. The van der Waals surface area contributed by atoms with Crippen LogP contribution >= 0.6 is 0 Å². The zero-order valence-electron chi connectivity index (χ0n) is 15.1. The zero-order chi connectivity index (χ0) is 19.8. The Morgan fingerprint density at radius 3 is 2.36 bits per heavy atom. The van der Waals surface area contributed by atoms with E-state index in [-0.39, 0.29) is 18.0 Å². The molecule has 3 aromatic rings. The third kappa shape index (κ3) is 5.63. The summed E-state index contributed by atoms with van der Waals surface area (Å²) in [5.74, 6) is 0.580. The van der Waals surface area contributed by atoms with Crippen LogP contribution in [0.1, 0.15) is 16.8 Å². The standard InChI is InChI=1S/C21H19N3O4/c25-21(13-16-4-8-19(9-5-16)24(26)27)23-14-17-6-10-20(11-7-17)28-15-18-3-1-2-12-22-18/h1-12H,13-15H2,(H,23,25). The number of rotatable bonds is 8. The average molecular weight is 377 g/mol. The number of pyridine rings is 1. The van der Waals surface area contributed by atoms with Gasteiger partial charge in [-0.1, -0.05) is 30.3 Å². The van der Waals surface area contributed by atoms with Crippen molar-refractivity contribution in [2.75, 3.05) is 0 Å². The number of benzene rings is 2. The number of nitro groups is 1. The Morgan fingerprint density at radius 2 is 1.71 bits per heavy atom. The Hall–Kier alpha value is -3.74. The van der Waals surface area contributed by atoms with E-state index < -0.39 is 4.92 Å². The molecule has 0 spiro atoms. The summed E-state index contributed by atoms with van der Waals surface area (Å²) in [5, 5.41) is 13.5. The fraction of sp³-hybridized carbons (Fsp3) is 0.143. The third-order valence-electron chi connectivity index (χ3n) is 4.04. The van der Waals surface area contributed by atoms with Crippen molar-refractivity contribution in [1.82, 2.24) is 10.3 Å². The van der Waals surface area contributed by atoms with Gasteiger partial charge in [0.15, 0.2) is 0 Å². The molecule has 2 aromatic carbocycles. The lowest BCUT2D eigenvalue weighted by Gasteiger charge is -2.08. The maximum atomic E-state index is 12.1. The van der Waals surface area contributed by atoms with Crippen molar-refractivity contribution in [3.05, 3.63) is 99.9 Å². The number of aromatic nitrogens is 1. The highest BCUT2D eigenvalue weighted by molar-refractivity contribution is 5.78. The minimum atomic E-state index is -0.465. The minimum absolute atomic E-state index is 0.00881. The van der Waals surface area contributed by atoms with Crippen LogP contribution < -0.4 is 10.1 Å². The van der Waals surface area contributed by atoms with E-state index in [2.05, 4.69) is 10.3 Å². The molecule has 0 saturated heterocycles. The van der Waals surface area contributed by atoms with Gasteiger partial charge in [0.25, 0.3) is 5.69 Å². The van der Waals surface area contributed by atoms with Crippen LogP contribution in [0.15, 0.2) is 72.9 Å². The lowest BCUT2D eigenvalue weighted by atomic mass is 10.1. The molecule has 1 N–H and O–H groups in total. The first-order valence-electron chi connectivity index (χ1n) is 8.72. The second kappa shape index (κ2) is 9.27. The molecule has 0 radical (unpaired) electrons. The maximum absolute atomic E-state index is 12.1. The van der Waals surface area contributed by atoms with E-state index in [4.69, 9.17) is 4.74 Å². The largest absolute Gasteiger partial charge is 0.487 e. The number of hydrogen-bond donors (Lipinski definition) is 1. The van der Waals surface area contributed by atoms with E-state index in [0.29, 0.717) is 13.2 Å². The van der Waals surface area contributed by atoms with E-state index in [9.17, 15) is 14.9 Å². The molecule has 0 aliphatic rings. The van der Waals surface area contributed by atoms with E-state index in [0.717, 1.165) is 22.6 Å². The van der Waals surface area contributed by atoms with Gasteiger partial charge in [0.1, 0.15) is 12.4 Å². The van der Waals surface area contributed by atoms with Crippen LogP contribution in [0, 0.1) is 10.1 Å². The fourth-order valence-electron chi connectivity index (χ4n) is 2.53. The Bertz CT molecular complexity index is 926. The Morgan fingerprint density at radius 1 is 1.00 bits per heavy atom. The molecular weight excluding hydrogens is 358 g/mol. The molecular formula is C21H19N3O4. The maximum Gasteiger partial charge on any atom is 0.269 e. The fourth-order valence-corrected chi connectivity index (χ4v) is 2.53. The highest BCUT2D eigenvalue weighted by Crippen LogP contribution is 2.14. The number of nitrogens with one attached hydrogen (secondary N) is 1. The van der Waals surface area contributed by atoms with Crippen LogP contribution in [-0.2, 0) is 24.4 Å². The monoisotopic (exact) mass is 377 g/mol. The summed E-state index contributed by atoms with van der Waals surface area (Å²) in [7, 11) is 0. The number of carbonyl (C=O) groups is 1. The van der Waals surface area contributed by atoms with Gasteiger partial charge >= 0.3 is 0 Å². The molecule has 0 bridgehead atoms. The van der Waals surface area contributed by atoms with E-state index in [1.165, 1.54) is 12.1 Å². The Kier molecular flexibility index (Phi) is 6.30. The molecule has 0 unspecified atom stereocenters. The quantitative estimate of drug-likeness (QED) is 0.479. The van der Waals surface area contributed by atoms with Gasteiger partial charge in [-0.3, -0.25) is 19.9 Å². The summed E-state index contributed by atoms with van der Waals surface area (Å²) in [5.41, 5.74) is 2.53. The number of hydrogen-bond acceptors (Lipinski definition) is 5. The van der Waals surface area contributed by atoms with Crippen LogP contribution in [0.2, 0.25) is 0 Å². The molecule has 7 heteroatoms. The van der Waals surface area contributed by atoms with Crippen LogP contribution in [0.25, 0.3) is 0 Å². The summed E-state index contributed by atoms with van der Waals surface area (Å²) < 4.78 is 5.68. The molecule has 1 amide bonds. The molecule has 3 rings (SSSR count). The number of non-ortho nitro benzene ring substituents is 1. The highest BCUT2D eigenvalue weighted by Gasteiger charge is 2.07. The van der Waals surface area contributed by atoms with Gasteiger partial charge in [0, 0.05) is 24.9 Å². The average Bonchev–Trinajstić information content (AvgIpc) is 2.72. The van der Waals surface area contributed by atoms with Gasteiger partial charge in [-0.2, -0.15) is 0 Å². The molecule has 0 fully saturated rings. The van der Waals surface area contributed by atoms with E-state index in [1.807, 2.05) is 42.5 Å². The predicted octanol–water partition coefficient (Wildman–Crippen LogP) is 3.43. The van der Waals surface area contributed by atoms with Gasteiger partial charge in [-0.05, 0) is 35.4 Å². The van der Waals surface area contributed by atoms with Crippen LogP contribution in [0.4, 0.5) is 5.69 Å². The molecule has 0 atom stereocenters. The first kappa shape index (κ1) is 19.0. The van der Waals surface area contributed by atoms with Gasteiger partial charge in [-0.25, -0.2) is 0 Å². The van der Waals surface area contributed by atoms with E-state index >= 15 is 0 Å². The molecule has 1 heterocycles. The molecule has 0 aliphatic heterocycles. The van der Waals surface area contributed by atoms with Gasteiger partial charge in [0.05, 0.1) is 17.0 Å². The van der Waals surface area contributed by atoms with Crippen molar-refractivity contribution < 1.29 is 14.5 Å². The van der Waals surface area contributed by atoms with Gasteiger partial charge < -0.3 is 10.1 Å². The van der Waals surface area contributed by atoms with Crippen molar-refractivity contribution in [3.8, 4) is 5.75 Å². The van der Waals surface area contributed by atoms with Crippen molar-refractivity contribution in [3.63, 3.8) is 0 Å². The number of amides is 1. The smallest absolute Gasteiger partial charge is 0.269 e. The van der Waals surface area contributed by atoms with Crippen LogP contribution in [-0.4, -0.2) is 15.8 Å². The number of nitro benzene ring substituents is 1. The summed E-state index contributed by atoms with van der Waals surface area (Å²) in [6.07, 6.45) is 1.89. The number of carbonyl (C=O) groups excluding carboxylic acids is 1. The van der Waals surface area contributed by atoms with Crippen molar-refractivity contribution in [1.29, 1.82) is 0 Å². The lowest BCUT2D eigenvalue weighted by molar-refractivity contribution is -0.384. The molecule has 142 valence electrons. The summed E-state index contributed by atoms with van der Waals surface area (Å²) >= 11 is 0. The number of nitrogens with zero attached hydrogens (tertiary/aromatic N) is 2. The normalized spacial score (nSPS) is 10.3. The lowest BCUT2D eigenvalue weighted by Crippen LogP contribution is -2.24. The second-order valence-corrected chi connectivity index (χ2v) is 6.13. The Labute approximate surface area is 162 Å². The number of ether oxygens (including phenoxy) is 1. The molecule has 0 saturated carbocycles. The van der Waals surface area contributed by atoms with E-state index in [1.54, 1.807) is 18.3 Å². The molecule has 1 aromatic heterocycles. The van der Waals surface area contributed by atoms with Crippen molar-refractivity contribution in [2.24, 2.45) is 0 Å².